The van der Waals surface area contributed by atoms with Crippen molar-refractivity contribution in [3.05, 3.63) is 71.8 Å². The van der Waals surface area contributed by atoms with Crippen LogP contribution >= 0.6 is 0 Å². The molecule has 0 unspecified atom stereocenters. The van der Waals surface area contributed by atoms with Gasteiger partial charge in [0.15, 0.2) is 0 Å². The lowest BCUT2D eigenvalue weighted by Crippen LogP contribution is -2.48. The van der Waals surface area contributed by atoms with Crippen molar-refractivity contribution in [3.63, 3.8) is 0 Å². The highest BCUT2D eigenvalue weighted by Gasteiger charge is 2.27. The summed E-state index contributed by atoms with van der Waals surface area (Å²) in [6, 6.07) is 14.6. The normalized spacial score (nSPS) is 12.3. The van der Waals surface area contributed by atoms with Gasteiger partial charge in [-0.1, -0.05) is 60.7 Å². The van der Waals surface area contributed by atoms with Crippen LogP contribution in [-0.4, -0.2) is 46.2 Å². The number of hydrogen-bond donors (Lipinski definition) is 4. The van der Waals surface area contributed by atoms with Crippen molar-refractivity contribution in [2.75, 3.05) is 0 Å². The molecule has 2 aromatic carbocycles. The Kier molecular flexibility index (Phi) is 8.37. The number of benzene rings is 2. The Labute approximate surface area is 172 Å². The van der Waals surface area contributed by atoms with Gasteiger partial charge in [-0.25, -0.2) is 14.4 Å². The molecule has 2 rings (SSSR count). The van der Waals surface area contributed by atoms with E-state index in [4.69, 9.17) is 4.74 Å². The number of nitrogens with one attached hydrogen (secondary N) is 2. The predicted octanol–water partition coefficient (Wildman–Crippen LogP) is 1.57. The maximum Gasteiger partial charge on any atom is 0.408 e. The summed E-state index contributed by atoms with van der Waals surface area (Å²) < 4.78 is 4.95. The van der Waals surface area contributed by atoms with E-state index in [9.17, 15) is 29.4 Å². The molecule has 2 atom stereocenters. The number of carboxylic acids is 2. The van der Waals surface area contributed by atoms with E-state index < -0.39 is 42.4 Å². The first-order chi connectivity index (χ1) is 14.3. The zero-order chi connectivity index (χ0) is 21.9. The van der Waals surface area contributed by atoms with Crippen LogP contribution in [0.25, 0.3) is 0 Å². The van der Waals surface area contributed by atoms with E-state index in [1.807, 2.05) is 0 Å². The second kappa shape index (κ2) is 11.2. The maximum absolute atomic E-state index is 12.2. The largest absolute Gasteiger partial charge is 0.480 e. The Morgan fingerprint density at radius 3 is 1.83 bits per heavy atom. The predicted molar refractivity (Wildman–Crippen MR) is 106 cm³/mol. The summed E-state index contributed by atoms with van der Waals surface area (Å²) in [5.41, 5.74) is 1.41. The van der Waals surface area contributed by atoms with Gasteiger partial charge >= 0.3 is 18.0 Å². The number of rotatable bonds is 10. The average Bonchev–Trinajstić information content (AvgIpc) is 2.72. The van der Waals surface area contributed by atoms with Crippen LogP contribution < -0.4 is 10.6 Å². The van der Waals surface area contributed by atoms with Gasteiger partial charge in [-0.15, -0.1) is 0 Å². The molecule has 0 aliphatic rings. The highest BCUT2D eigenvalue weighted by Crippen LogP contribution is 2.05. The molecule has 0 aliphatic carbocycles. The molecule has 0 radical (unpaired) electrons. The molecule has 0 spiro atoms. The third kappa shape index (κ3) is 7.63. The molecule has 0 aromatic heterocycles. The molecule has 0 saturated heterocycles. The minimum Gasteiger partial charge on any atom is -0.480 e. The van der Waals surface area contributed by atoms with Crippen molar-refractivity contribution in [3.8, 4) is 0 Å². The molecule has 4 N–H and O–H groups in total. The minimum atomic E-state index is -1.57. The monoisotopic (exact) mass is 414 g/mol. The third-order valence-corrected chi connectivity index (χ3v) is 4.11. The smallest absolute Gasteiger partial charge is 0.408 e. The van der Waals surface area contributed by atoms with Crippen molar-refractivity contribution >= 4 is 23.9 Å². The average molecular weight is 414 g/mol. The standard InChI is InChI=1S/C21H22N2O7/c24-18(22-16(19(25)26)11-14-7-3-1-4-8-14)12-17(20(27)28)23-21(29)30-13-15-9-5-2-6-10-15/h1-10,16-17H,11-13H2,(H,22,24)(H,23,29)(H,25,26)(H,27,28)/t16-,17-/m0/s1. The second-order valence-corrected chi connectivity index (χ2v) is 6.45. The molecule has 0 fully saturated rings. The molecule has 9 nitrogen and oxygen atoms in total. The van der Waals surface area contributed by atoms with Gasteiger partial charge in [0.2, 0.25) is 5.91 Å². The van der Waals surface area contributed by atoms with Crippen molar-refractivity contribution in [1.82, 2.24) is 10.6 Å². The van der Waals surface area contributed by atoms with Crippen LogP contribution in [0.4, 0.5) is 4.79 Å². The van der Waals surface area contributed by atoms with E-state index in [1.165, 1.54) is 0 Å². The fourth-order valence-electron chi connectivity index (χ4n) is 2.60. The summed E-state index contributed by atoms with van der Waals surface area (Å²) in [5.74, 6) is -3.53. The van der Waals surface area contributed by atoms with Gasteiger partial charge in [0.25, 0.3) is 0 Å². The topological polar surface area (TPSA) is 142 Å². The molecule has 0 heterocycles. The van der Waals surface area contributed by atoms with Crippen LogP contribution in [0.15, 0.2) is 60.7 Å². The number of aliphatic carboxylic acids is 2. The molecule has 158 valence electrons. The lowest BCUT2D eigenvalue weighted by molar-refractivity contribution is -0.143. The SMILES string of the molecule is O=C(C[C@H](NC(=O)OCc1ccccc1)C(=O)O)N[C@@H](Cc1ccccc1)C(=O)O. The van der Waals surface area contributed by atoms with Crippen LogP contribution in [0.3, 0.4) is 0 Å². The summed E-state index contributed by atoms with van der Waals surface area (Å²) in [4.78, 5) is 46.9. The summed E-state index contributed by atoms with van der Waals surface area (Å²) in [5, 5.41) is 23.0. The summed E-state index contributed by atoms with van der Waals surface area (Å²) >= 11 is 0. The summed E-state index contributed by atoms with van der Waals surface area (Å²) in [6.45, 7) is -0.0661. The Morgan fingerprint density at radius 1 is 0.767 bits per heavy atom. The number of hydrogen-bond acceptors (Lipinski definition) is 5. The maximum atomic E-state index is 12.2. The zero-order valence-corrected chi connectivity index (χ0v) is 16.0. The molecule has 30 heavy (non-hydrogen) atoms. The molecular weight excluding hydrogens is 392 g/mol. The molecule has 0 saturated carbocycles. The van der Waals surface area contributed by atoms with Crippen LogP contribution in [0.5, 0.6) is 0 Å². The number of carbonyl (C=O) groups excluding carboxylic acids is 2. The molecule has 2 aromatic rings. The van der Waals surface area contributed by atoms with E-state index in [0.29, 0.717) is 11.1 Å². The molecule has 0 bridgehead atoms. The van der Waals surface area contributed by atoms with Crippen LogP contribution in [-0.2, 0) is 32.1 Å². The van der Waals surface area contributed by atoms with Gasteiger partial charge in [0.05, 0.1) is 6.42 Å². The van der Waals surface area contributed by atoms with Gasteiger partial charge in [0, 0.05) is 6.42 Å². The fraction of sp³-hybridized carbons (Fsp3) is 0.238. The molecule has 2 amide bonds. The number of alkyl carbamates (subject to hydrolysis) is 1. The number of amides is 2. The Bertz CT molecular complexity index is 871. The van der Waals surface area contributed by atoms with Gasteiger partial charge in [-0.2, -0.15) is 0 Å². The number of carboxylic acid groups (broad SMARTS) is 2. The Hall–Kier alpha value is -3.88. The van der Waals surface area contributed by atoms with Crippen LogP contribution in [0.2, 0.25) is 0 Å². The van der Waals surface area contributed by atoms with Gasteiger partial charge in [0.1, 0.15) is 18.7 Å². The van der Waals surface area contributed by atoms with Crippen molar-refractivity contribution < 1.29 is 34.1 Å². The fourth-order valence-corrected chi connectivity index (χ4v) is 2.60. The summed E-state index contributed by atoms with van der Waals surface area (Å²) in [6.07, 6.45) is -1.61. The minimum absolute atomic E-state index is 0.0339. The third-order valence-electron chi connectivity index (χ3n) is 4.11. The first kappa shape index (κ1) is 22.4. The van der Waals surface area contributed by atoms with Gasteiger partial charge < -0.3 is 25.6 Å². The van der Waals surface area contributed by atoms with Crippen LogP contribution in [0.1, 0.15) is 17.5 Å². The highest BCUT2D eigenvalue weighted by molar-refractivity contribution is 5.89. The second-order valence-electron chi connectivity index (χ2n) is 6.45. The zero-order valence-electron chi connectivity index (χ0n) is 16.0. The van der Waals surface area contributed by atoms with Crippen LogP contribution in [0, 0.1) is 0 Å². The Balaban J connectivity index is 1.89. The van der Waals surface area contributed by atoms with E-state index in [1.54, 1.807) is 60.7 Å². The van der Waals surface area contributed by atoms with E-state index in [0.717, 1.165) is 0 Å². The first-order valence-corrected chi connectivity index (χ1v) is 9.11. The van der Waals surface area contributed by atoms with Gasteiger partial charge in [-0.05, 0) is 11.1 Å². The van der Waals surface area contributed by atoms with Gasteiger partial charge in [-0.3, -0.25) is 4.79 Å². The molecule has 0 aliphatic heterocycles. The lowest BCUT2D eigenvalue weighted by atomic mass is 10.1. The van der Waals surface area contributed by atoms with E-state index in [2.05, 4.69) is 10.6 Å². The van der Waals surface area contributed by atoms with E-state index in [-0.39, 0.29) is 13.0 Å². The van der Waals surface area contributed by atoms with Crippen molar-refractivity contribution in [2.24, 2.45) is 0 Å². The number of carbonyl (C=O) groups is 4. The van der Waals surface area contributed by atoms with E-state index >= 15 is 0 Å². The quantitative estimate of drug-likeness (QED) is 0.462. The first-order valence-electron chi connectivity index (χ1n) is 9.11. The molecular formula is C21H22N2O7. The van der Waals surface area contributed by atoms with Crippen molar-refractivity contribution in [1.29, 1.82) is 0 Å². The highest BCUT2D eigenvalue weighted by atomic mass is 16.5. The summed E-state index contributed by atoms with van der Waals surface area (Å²) in [7, 11) is 0. The molecule has 9 heteroatoms. The Morgan fingerprint density at radius 2 is 1.30 bits per heavy atom. The lowest BCUT2D eigenvalue weighted by Gasteiger charge is -2.18. The number of ether oxygens (including phenoxy) is 1. The van der Waals surface area contributed by atoms with Crippen molar-refractivity contribution in [2.45, 2.75) is 31.5 Å².